The molecule has 0 aliphatic carbocycles. The average molecular weight is 341 g/mol. The molecule has 20 heavy (non-hydrogen) atoms. The standard InChI is InChI=1S/C14H14BrFN2O2/c1-9(2)8-18-6-5-17-13(14(18)19)20-12-7-10(15)3-4-11(12)16/h3-7,9H,8H2,1-2H3. The van der Waals surface area contributed by atoms with E-state index in [4.69, 9.17) is 4.74 Å². The first-order valence-electron chi connectivity index (χ1n) is 6.15. The Hall–Kier alpha value is -1.69. The van der Waals surface area contributed by atoms with Crippen molar-refractivity contribution in [1.82, 2.24) is 9.55 Å². The van der Waals surface area contributed by atoms with Crippen LogP contribution in [-0.2, 0) is 6.54 Å². The van der Waals surface area contributed by atoms with Crippen LogP contribution in [0.15, 0.2) is 39.9 Å². The Balaban J connectivity index is 2.34. The first kappa shape index (κ1) is 14.7. The first-order valence-corrected chi connectivity index (χ1v) is 6.95. The SMILES string of the molecule is CC(C)Cn1ccnc(Oc2cc(Br)ccc2F)c1=O. The van der Waals surface area contributed by atoms with Gasteiger partial charge in [0.25, 0.3) is 5.88 Å². The molecule has 0 N–H and O–H groups in total. The maximum atomic E-state index is 13.6. The summed E-state index contributed by atoms with van der Waals surface area (Å²) < 4.78 is 21.1. The van der Waals surface area contributed by atoms with Crippen molar-refractivity contribution in [2.75, 3.05) is 0 Å². The second-order valence-electron chi connectivity index (χ2n) is 4.76. The third kappa shape index (κ3) is 3.45. The maximum Gasteiger partial charge on any atom is 0.313 e. The molecule has 0 atom stereocenters. The highest BCUT2D eigenvalue weighted by atomic mass is 79.9. The predicted molar refractivity (Wildman–Crippen MR) is 77.5 cm³/mol. The largest absolute Gasteiger partial charge is 0.431 e. The zero-order chi connectivity index (χ0) is 14.7. The van der Waals surface area contributed by atoms with Gasteiger partial charge in [-0.2, -0.15) is 0 Å². The van der Waals surface area contributed by atoms with Gasteiger partial charge in [-0.15, -0.1) is 0 Å². The molecule has 1 aromatic carbocycles. The molecular formula is C14H14BrFN2O2. The van der Waals surface area contributed by atoms with Crippen LogP contribution in [0.2, 0.25) is 0 Å². The van der Waals surface area contributed by atoms with Gasteiger partial charge in [0.15, 0.2) is 11.6 Å². The predicted octanol–water partition coefficient (Wildman–Crippen LogP) is 3.59. The maximum absolute atomic E-state index is 13.6. The Labute approximate surface area is 124 Å². The zero-order valence-corrected chi connectivity index (χ0v) is 12.7. The van der Waals surface area contributed by atoms with E-state index in [1.54, 1.807) is 12.3 Å². The fourth-order valence-corrected chi connectivity index (χ4v) is 2.03. The summed E-state index contributed by atoms with van der Waals surface area (Å²) in [6.45, 7) is 4.56. The van der Waals surface area contributed by atoms with E-state index in [2.05, 4.69) is 20.9 Å². The summed E-state index contributed by atoms with van der Waals surface area (Å²) in [6, 6.07) is 4.27. The summed E-state index contributed by atoms with van der Waals surface area (Å²) >= 11 is 3.22. The Morgan fingerprint density at radius 1 is 1.45 bits per heavy atom. The summed E-state index contributed by atoms with van der Waals surface area (Å²) in [7, 11) is 0. The highest BCUT2D eigenvalue weighted by Crippen LogP contribution is 2.25. The molecule has 0 saturated heterocycles. The Morgan fingerprint density at radius 3 is 2.90 bits per heavy atom. The van der Waals surface area contributed by atoms with Crippen molar-refractivity contribution < 1.29 is 9.13 Å². The highest BCUT2D eigenvalue weighted by molar-refractivity contribution is 9.10. The van der Waals surface area contributed by atoms with Crippen LogP contribution < -0.4 is 10.3 Å². The number of benzene rings is 1. The van der Waals surface area contributed by atoms with Crippen LogP contribution in [0.4, 0.5) is 4.39 Å². The molecule has 0 amide bonds. The van der Waals surface area contributed by atoms with Crippen LogP contribution in [0.25, 0.3) is 0 Å². The minimum Gasteiger partial charge on any atom is -0.431 e. The van der Waals surface area contributed by atoms with Gasteiger partial charge < -0.3 is 9.30 Å². The fraction of sp³-hybridized carbons (Fsp3) is 0.286. The molecule has 0 bridgehead atoms. The second-order valence-corrected chi connectivity index (χ2v) is 5.68. The molecule has 0 spiro atoms. The van der Waals surface area contributed by atoms with Crippen LogP contribution in [0.1, 0.15) is 13.8 Å². The van der Waals surface area contributed by atoms with E-state index >= 15 is 0 Å². The monoisotopic (exact) mass is 340 g/mol. The zero-order valence-electron chi connectivity index (χ0n) is 11.1. The summed E-state index contributed by atoms with van der Waals surface area (Å²) in [4.78, 5) is 16.0. The number of ether oxygens (including phenoxy) is 1. The number of nitrogens with zero attached hydrogens (tertiary/aromatic N) is 2. The van der Waals surface area contributed by atoms with Crippen LogP contribution in [0.3, 0.4) is 0 Å². The smallest absolute Gasteiger partial charge is 0.313 e. The van der Waals surface area contributed by atoms with Gasteiger partial charge >= 0.3 is 5.56 Å². The van der Waals surface area contributed by atoms with Crippen molar-refractivity contribution in [2.24, 2.45) is 5.92 Å². The fourth-order valence-electron chi connectivity index (χ4n) is 1.69. The van der Waals surface area contributed by atoms with Crippen LogP contribution in [-0.4, -0.2) is 9.55 Å². The quantitative estimate of drug-likeness (QED) is 0.854. The number of aromatic nitrogens is 2. The molecule has 1 aromatic heterocycles. The van der Waals surface area contributed by atoms with Crippen LogP contribution in [0.5, 0.6) is 11.6 Å². The number of hydrogen-bond acceptors (Lipinski definition) is 3. The summed E-state index contributed by atoms with van der Waals surface area (Å²) in [5.41, 5.74) is -0.374. The lowest BCUT2D eigenvalue weighted by Gasteiger charge is -2.10. The Bertz CT molecular complexity index is 670. The average Bonchev–Trinajstić information content (AvgIpc) is 2.38. The topological polar surface area (TPSA) is 44.1 Å². The minimum atomic E-state index is -0.548. The second kappa shape index (κ2) is 6.17. The molecule has 2 rings (SSSR count). The molecule has 0 saturated carbocycles. The van der Waals surface area contributed by atoms with Crippen LogP contribution >= 0.6 is 15.9 Å². The summed E-state index contributed by atoms with van der Waals surface area (Å²) in [5.74, 6) is -0.407. The van der Waals surface area contributed by atoms with Gasteiger partial charge in [-0.05, 0) is 24.1 Å². The van der Waals surface area contributed by atoms with Gasteiger partial charge in [0, 0.05) is 23.4 Å². The van der Waals surface area contributed by atoms with Gasteiger partial charge in [-0.25, -0.2) is 9.37 Å². The number of halogens is 2. The molecule has 2 aromatic rings. The van der Waals surface area contributed by atoms with Crippen molar-refractivity contribution in [3.8, 4) is 11.6 Å². The lowest BCUT2D eigenvalue weighted by molar-refractivity contribution is 0.407. The van der Waals surface area contributed by atoms with Crippen molar-refractivity contribution in [3.05, 3.63) is 51.2 Å². The normalized spacial score (nSPS) is 10.8. The van der Waals surface area contributed by atoms with Gasteiger partial charge in [0.05, 0.1) is 0 Å². The van der Waals surface area contributed by atoms with Crippen molar-refractivity contribution in [1.29, 1.82) is 0 Å². The molecule has 0 fully saturated rings. The van der Waals surface area contributed by atoms with E-state index in [0.717, 1.165) is 0 Å². The Morgan fingerprint density at radius 2 is 2.20 bits per heavy atom. The van der Waals surface area contributed by atoms with Gasteiger partial charge in [0.1, 0.15) is 0 Å². The molecule has 0 aliphatic rings. The molecule has 1 heterocycles. The van der Waals surface area contributed by atoms with Gasteiger partial charge in [-0.1, -0.05) is 29.8 Å². The Kier molecular flexibility index (Phi) is 4.54. The van der Waals surface area contributed by atoms with Gasteiger partial charge in [-0.3, -0.25) is 4.79 Å². The highest BCUT2D eigenvalue weighted by Gasteiger charge is 2.11. The van der Waals surface area contributed by atoms with E-state index in [9.17, 15) is 9.18 Å². The van der Waals surface area contributed by atoms with Gasteiger partial charge in [0.2, 0.25) is 0 Å². The van der Waals surface area contributed by atoms with E-state index < -0.39 is 5.82 Å². The van der Waals surface area contributed by atoms with Crippen molar-refractivity contribution >= 4 is 15.9 Å². The summed E-state index contributed by atoms with van der Waals surface area (Å²) in [6.07, 6.45) is 3.06. The third-order valence-corrected chi connectivity index (χ3v) is 3.04. The minimum absolute atomic E-state index is 0.0359. The van der Waals surface area contributed by atoms with Crippen molar-refractivity contribution in [3.63, 3.8) is 0 Å². The molecule has 106 valence electrons. The lowest BCUT2D eigenvalue weighted by Crippen LogP contribution is -2.23. The molecule has 0 unspecified atom stereocenters. The van der Waals surface area contributed by atoms with E-state index in [-0.39, 0.29) is 17.2 Å². The van der Waals surface area contributed by atoms with Crippen LogP contribution in [0, 0.1) is 11.7 Å². The van der Waals surface area contributed by atoms with E-state index in [1.807, 2.05) is 13.8 Å². The number of hydrogen-bond donors (Lipinski definition) is 0. The van der Waals surface area contributed by atoms with Crippen molar-refractivity contribution in [2.45, 2.75) is 20.4 Å². The molecular weight excluding hydrogens is 327 g/mol. The molecule has 0 aliphatic heterocycles. The van der Waals surface area contributed by atoms with E-state index in [0.29, 0.717) is 16.9 Å². The molecule has 0 radical (unpaired) electrons. The third-order valence-electron chi connectivity index (χ3n) is 2.54. The van der Waals surface area contributed by atoms with E-state index in [1.165, 1.54) is 22.9 Å². The summed E-state index contributed by atoms with van der Waals surface area (Å²) in [5, 5.41) is 0. The number of rotatable bonds is 4. The first-order chi connectivity index (χ1) is 9.47. The molecule has 6 heteroatoms. The lowest BCUT2D eigenvalue weighted by atomic mass is 10.2. The molecule has 4 nitrogen and oxygen atoms in total.